The first-order valence-corrected chi connectivity index (χ1v) is 17.5. The smallest absolute Gasteiger partial charge is 0.313 e. The number of amides is 3. The quantitative estimate of drug-likeness (QED) is 0.183. The molecule has 0 radical (unpaired) electrons. The van der Waals surface area contributed by atoms with E-state index in [2.05, 4.69) is 18.5 Å². The molecule has 1 spiro atoms. The maximum Gasteiger partial charge on any atom is 0.313 e. The van der Waals surface area contributed by atoms with E-state index in [1.54, 1.807) is 60.7 Å². The molecule has 2 aromatic carbocycles. The number of likely N-dealkylation sites (tertiary alicyclic amines) is 1. The van der Waals surface area contributed by atoms with Gasteiger partial charge in [0, 0.05) is 20.1 Å². The first kappa shape index (κ1) is 37.2. The van der Waals surface area contributed by atoms with Crippen LogP contribution in [0, 0.1) is 11.8 Å². The van der Waals surface area contributed by atoms with Crippen molar-refractivity contribution in [2.75, 3.05) is 31.8 Å². The minimum absolute atomic E-state index is 0.0454. The third kappa shape index (κ3) is 6.96. The first-order valence-electron chi connectivity index (χ1n) is 17.1. The Kier molecular flexibility index (Phi) is 12.2. The van der Waals surface area contributed by atoms with Crippen molar-refractivity contribution in [2.45, 2.75) is 75.0 Å². The molecule has 0 aromatic heterocycles. The molecule has 268 valence electrons. The van der Waals surface area contributed by atoms with E-state index in [1.807, 2.05) is 13.0 Å². The van der Waals surface area contributed by atoms with Gasteiger partial charge in [0.15, 0.2) is 0 Å². The lowest BCUT2D eigenvalue weighted by Gasteiger charge is -2.39. The minimum atomic E-state index is -1.35. The number of para-hydroxylation sites is 1. The molecule has 5 rings (SSSR count). The summed E-state index contributed by atoms with van der Waals surface area (Å²) in [6.07, 6.45) is 3.38. The Bertz CT molecular complexity index is 1570. The topological polar surface area (TPSA) is 135 Å². The molecule has 2 aromatic rings. The first-order chi connectivity index (χ1) is 24.2. The molecule has 0 unspecified atom stereocenters. The van der Waals surface area contributed by atoms with Gasteiger partial charge in [-0.05, 0) is 43.4 Å². The van der Waals surface area contributed by atoms with Crippen molar-refractivity contribution in [3.63, 3.8) is 0 Å². The van der Waals surface area contributed by atoms with Crippen LogP contribution in [0.25, 0.3) is 0 Å². The standard InChI is InChI=1S/C38H46ClN3O8/c1-5-8-18-30(44)40-27(23-48-4)33(24-14-10-9-11-15-24)49-37(47)31-29-19-20-38(50-29)32(31)35(45)42(25(7-3)22-43)34(38)36(46)41(21-6-2)28-17-13-12-16-26(28)39/h5-6,9-17,25,27,29,31-34,43H,1-2,7-8,18-23H2,3-4H3,(H,40,44)/t25-,27-,29-,31+,32+,33-,34-,38+/m0/s1. The molecule has 3 amide bonds. The summed E-state index contributed by atoms with van der Waals surface area (Å²) in [4.78, 5) is 59.6. The maximum atomic E-state index is 14.8. The second kappa shape index (κ2) is 16.3. The summed E-state index contributed by atoms with van der Waals surface area (Å²) >= 11 is 6.56. The summed E-state index contributed by atoms with van der Waals surface area (Å²) in [6.45, 7) is 9.10. The second-order valence-electron chi connectivity index (χ2n) is 13.0. The van der Waals surface area contributed by atoms with Crippen LogP contribution in [0.15, 0.2) is 79.9 Å². The van der Waals surface area contributed by atoms with Crippen LogP contribution in [-0.2, 0) is 33.4 Å². The fourth-order valence-electron chi connectivity index (χ4n) is 7.83. The van der Waals surface area contributed by atoms with Gasteiger partial charge in [-0.25, -0.2) is 0 Å². The predicted molar refractivity (Wildman–Crippen MR) is 188 cm³/mol. The van der Waals surface area contributed by atoms with Gasteiger partial charge in [0.1, 0.15) is 17.7 Å². The largest absolute Gasteiger partial charge is 0.455 e. The number of halogens is 1. The van der Waals surface area contributed by atoms with Crippen molar-refractivity contribution in [3.05, 3.63) is 90.5 Å². The number of nitrogens with zero attached hydrogens (tertiary/aromatic N) is 2. The number of allylic oxidation sites excluding steroid dienone is 1. The molecule has 12 heteroatoms. The van der Waals surface area contributed by atoms with Crippen LogP contribution in [0.5, 0.6) is 0 Å². The van der Waals surface area contributed by atoms with Gasteiger partial charge in [-0.15, -0.1) is 13.2 Å². The Morgan fingerprint density at radius 2 is 1.88 bits per heavy atom. The van der Waals surface area contributed by atoms with Gasteiger partial charge >= 0.3 is 5.97 Å². The van der Waals surface area contributed by atoms with Gasteiger partial charge in [0.25, 0.3) is 5.91 Å². The number of hydrogen-bond acceptors (Lipinski definition) is 8. The average molecular weight is 708 g/mol. The fraction of sp³-hybridized carbons (Fsp3) is 0.474. The zero-order valence-corrected chi connectivity index (χ0v) is 29.3. The maximum absolute atomic E-state index is 14.8. The van der Waals surface area contributed by atoms with E-state index in [9.17, 15) is 24.3 Å². The molecular weight excluding hydrogens is 662 g/mol. The number of anilines is 1. The molecule has 3 aliphatic heterocycles. The third-order valence-corrected chi connectivity index (χ3v) is 10.4. The highest BCUT2D eigenvalue weighted by Gasteiger charge is 2.75. The Balaban J connectivity index is 1.52. The summed E-state index contributed by atoms with van der Waals surface area (Å²) in [5, 5.41) is 13.7. The van der Waals surface area contributed by atoms with E-state index in [1.165, 1.54) is 16.9 Å². The third-order valence-electron chi connectivity index (χ3n) is 10.0. The van der Waals surface area contributed by atoms with Crippen LogP contribution < -0.4 is 10.2 Å². The van der Waals surface area contributed by atoms with Crippen molar-refractivity contribution >= 4 is 41.0 Å². The predicted octanol–water partition coefficient (Wildman–Crippen LogP) is 4.39. The summed E-state index contributed by atoms with van der Waals surface area (Å²) < 4.78 is 18.4. The molecule has 3 fully saturated rings. The molecule has 2 N–H and O–H groups in total. The number of esters is 1. The number of aliphatic hydroxyl groups is 1. The van der Waals surface area contributed by atoms with E-state index >= 15 is 0 Å². The zero-order valence-electron chi connectivity index (χ0n) is 28.5. The van der Waals surface area contributed by atoms with Crippen LogP contribution >= 0.6 is 11.6 Å². The highest BCUT2D eigenvalue weighted by atomic mass is 35.5. The summed E-state index contributed by atoms with van der Waals surface area (Å²) in [5.74, 6) is -3.91. The van der Waals surface area contributed by atoms with E-state index in [-0.39, 0.29) is 32.1 Å². The highest BCUT2D eigenvalue weighted by Crippen LogP contribution is 2.59. The van der Waals surface area contributed by atoms with E-state index < -0.39 is 65.6 Å². The Morgan fingerprint density at radius 1 is 1.16 bits per heavy atom. The van der Waals surface area contributed by atoms with Crippen molar-refractivity contribution in [2.24, 2.45) is 11.8 Å². The molecule has 50 heavy (non-hydrogen) atoms. The Morgan fingerprint density at radius 3 is 2.52 bits per heavy atom. The van der Waals surface area contributed by atoms with E-state index in [4.69, 9.17) is 25.8 Å². The summed E-state index contributed by atoms with van der Waals surface area (Å²) in [6, 6.07) is 13.3. The number of carbonyl (C=O) groups is 4. The molecule has 2 bridgehead atoms. The monoisotopic (exact) mass is 707 g/mol. The van der Waals surface area contributed by atoms with Crippen molar-refractivity contribution < 1.29 is 38.5 Å². The summed E-state index contributed by atoms with van der Waals surface area (Å²) in [5.41, 5.74) is -0.278. The molecule has 0 aliphatic carbocycles. The number of methoxy groups -OCH3 is 1. The molecular formula is C38H46ClN3O8. The number of rotatable bonds is 17. The average Bonchev–Trinajstić information content (AvgIpc) is 3.77. The zero-order chi connectivity index (χ0) is 36.0. The number of fused-ring (bicyclic) bond motifs is 1. The Hall–Kier alpha value is -4.03. The number of nitrogens with one attached hydrogen (secondary N) is 1. The number of benzene rings is 2. The molecule has 8 atom stereocenters. The molecule has 0 saturated carbocycles. The second-order valence-corrected chi connectivity index (χ2v) is 13.4. The molecule has 11 nitrogen and oxygen atoms in total. The van der Waals surface area contributed by atoms with Crippen LogP contribution in [0.4, 0.5) is 5.69 Å². The molecule has 3 heterocycles. The van der Waals surface area contributed by atoms with Gasteiger partial charge < -0.3 is 34.4 Å². The van der Waals surface area contributed by atoms with Gasteiger partial charge in [-0.3, -0.25) is 19.2 Å². The number of ether oxygens (including phenoxy) is 3. The van der Waals surface area contributed by atoms with Crippen LogP contribution in [0.2, 0.25) is 5.02 Å². The van der Waals surface area contributed by atoms with Crippen LogP contribution in [0.1, 0.15) is 50.7 Å². The summed E-state index contributed by atoms with van der Waals surface area (Å²) in [7, 11) is 1.49. The number of carbonyl (C=O) groups excluding carboxylic acids is 4. The lowest BCUT2D eigenvalue weighted by Crippen LogP contribution is -2.59. The van der Waals surface area contributed by atoms with Gasteiger partial charge in [-0.1, -0.05) is 73.1 Å². The fourth-order valence-corrected chi connectivity index (χ4v) is 8.06. The van der Waals surface area contributed by atoms with E-state index in [0.717, 1.165) is 0 Å². The van der Waals surface area contributed by atoms with Gasteiger partial charge in [-0.2, -0.15) is 0 Å². The normalized spacial score (nSPS) is 25.4. The van der Waals surface area contributed by atoms with Crippen molar-refractivity contribution in [1.29, 1.82) is 0 Å². The van der Waals surface area contributed by atoms with Crippen molar-refractivity contribution in [3.8, 4) is 0 Å². The highest BCUT2D eigenvalue weighted by molar-refractivity contribution is 6.34. The Labute approximate surface area is 298 Å². The van der Waals surface area contributed by atoms with Crippen LogP contribution in [0.3, 0.4) is 0 Å². The van der Waals surface area contributed by atoms with Gasteiger partial charge in [0.2, 0.25) is 11.8 Å². The SMILES string of the molecule is C=CCCC(=O)N[C@@H](COC)[C@@H](OC(=O)[C@@H]1[C@@H]2CC[C@]3(O2)[C@H](C(=O)N(CC=C)c2ccccc2Cl)N([C@@H](CC)CO)C(=O)[C@@H]13)c1ccccc1. The lowest BCUT2D eigenvalue weighted by molar-refractivity contribution is -0.163. The van der Waals surface area contributed by atoms with Crippen LogP contribution in [-0.4, -0.2) is 90.4 Å². The van der Waals surface area contributed by atoms with Gasteiger partial charge in [0.05, 0.1) is 53.9 Å². The number of aliphatic hydroxyl groups excluding tert-OH is 1. The number of hydrogen-bond donors (Lipinski definition) is 2. The van der Waals surface area contributed by atoms with Crippen molar-refractivity contribution in [1.82, 2.24) is 10.2 Å². The van der Waals surface area contributed by atoms with E-state index in [0.29, 0.717) is 42.0 Å². The lowest BCUT2D eigenvalue weighted by atomic mass is 9.70. The minimum Gasteiger partial charge on any atom is -0.455 e. The molecule has 3 aliphatic rings. The molecule has 3 saturated heterocycles.